The Morgan fingerprint density at radius 3 is 3.29 bits per heavy atom. The fraction of sp³-hybridized carbons (Fsp3) is 0.667. The van der Waals surface area contributed by atoms with Crippen molar-refractivity contribution in [2.45, 2.75) is 31.2 Å². The summed E-state index contributed by atoms with van der Waals surface area (Å²) < 4.78 is 6.01. The lowest BCUT2D eigenvalue weighted by molar-refractivity contribution is -0.132. The van der Waals surface area contributed by atoms with Crippen molar-refractivity contribution in [3.05, 3.63) is 22.4 Å². The largest absolute Gasteiger partial charge is 0.373 e. The Morgan fingerprint density at radius 1 is 1.48 bits per heavy atom. The molecule has 3 aliphatic rings. The topological polar surface area (TPSA) is 44.8 Å². The summed E-state index contributed by atoms with van der Waals surface area (Å²) in [5.41, 5.74) is 1.18. The first-order valence-electron chi connectivity index (χ1n) is 7.72. The third-order valence-electron chi connectivity index (χ3n) is 4.80. The number of thiophene rings is 1. The van der Waals surface area contributed by atoms with E-state index < -0.39 is 0 Å². The van der Waals surface area contributed by atoms with E-state index in [1.54, 1.807) is 11.3 Å². The molecule has 1 N–H and O–H groups in total. The van der Waals surface area contributed by atoms with Gasteiger partial charge in [-0.05, 0) is 41.8 Å². The summed E-state index contributed by atoms with van der Waals surface area (Å²) in [6, 6.07) is 2.70. The summed E-state index contributed by atoms with van der Waals surface area (Å²) >= 11 is 1.67. The van der Waals surface area contributed by atoms with Crippen LogP contribution in [0.2, 0.25) is 0 Å². The van der Waals surface area contributed by atoms with E-state index in [1.807, 2.05) is 4.90 Å². The molecule has 0 spiro atoms. The van der Waals surface area contributed by atoms with Crippen molar-refractivity contribution in [1.29, 1.82) is 0 Å². The van der Waals surface area contributed by atoms with E-state index in [-0.39, 0.29) is 18.2 Å². The van der Waals surface area contributed by atoms with E-state index in [0.29, 0.717) is 19.1 Å². The lowest BCUT2D eigenvalue weighted by Crippen LogP contribution is -2.50. The van der Waals surface area contributed by atoms with Crippen molar-refractivity contribution in [3.8, 4) is 0 Å². The van der Waals surface area contributed by atoms with E-state index in [1.165, 1.54) is 24.9 Å². The molecule has 0 bridgehead atoms. The monoisotopic (exact) mass is 307 g/mol. The number of nitrogens with one attached hydrogen (secondary N) is 1. The van der Waals surface area contributed by atoms with Gasteiger partial charge in [-0.1, -0.05) is 0 Å². The first-order valence-corrected chi connectivity index (χ1v) is 8.66. The van der Waals surface area contributed by atoms with Gasteiger partial charge in [0.05, 0.1) is 25.8 Å². The third kappa shape index (κ3) is 2.61. The number of hydrogen-bond acceptors (Lipinski definition) is 5. The fourth-order valence-corrected chi connectivity index (χ4v) is 4.37. The highest BCUT2D eigenvalue weighted by molar-refractivity contribution is 7.07. The molecule has 3 atom stereocenters. The van der Waals surface area contributed by atoms with Crippen LogP contribution < -0.4 is 5.32 Å². The second kappa shape index (κ2) is 5.68. The van der Waals surface area contributed by atoms with Crippen molar-refractivity contribution in [3.63, 3.8) is 0 Å². The van der Waals surface area contributed by atoms with Crippen LogP contribution in [0.15, 0.2) is 16.8 Å². The predicted octanol–water partition coefficient (Wildman–Crippen LogP) is 1.04. The molecule has 4 heterocycles. The van der Waals surface area contributed by atoms with Crippen LogP contribution in [0.3, 0.4) is 0 Å². The smallest absolute Gasteiger partial charge is 0.238 e. The number of fused-ring (bicyclic) bond motifs is 1. The number of ether oxygens (including phenoxy) is 1. The van der Waals surface area contributed by atoms with Crippen LogP contribution in [0.5, 0.6) is 0 Å². The molecule has 1 aromatic heterocycles. The van der Waals surface area contributed by atoms with Gasteiger partial charge in [-0.2, -0.15) is 11.3 Å². The quantitative estimate of drug-likeness (QED) is 0.906. The molecule has 0 saturated carbocycles. The molecule has 6 heteroatoms. The lowest BCUT2D eigenvalue weighted by Gasteiger charge is -2.37. The number of morpholine rings is 1. The first-order chi connectivity index (χ1) is 10.3. The number of carbonyl (C=O) groups excluding carboxylic acids is 1. The van der Waals surface area contributed by atoms with Crippen molar-refractivity contribution in [2.75, 3.05) is 32.8 Å². The highest BCUT2D eigenvalue weighted by atomic mass is 32.1. The van der Waals surface area contributed by atoms with Crippen LogP contribution in [-0.4, -0.2) is 60.6 Å². The zero-order valence-corrected chi connectivity index (χ0v) is 12.8. The standard InChI is InChI=1S/C15H21N3O2S/c19-14-6-16-15(11-3-5-21-10-11)18(14)8-13-7-17-4-1-2-12(17)9-20-13/h3,5,10,12-13,15-16H,1-2,4,6-9H2. The van der Waals surface area contributed by atoms with E-state index in [0.717, 1.165) is 13.2 Å². The predicted molar refractivity (Wildman–Crippen MR) is 81.1 cm³/mol. The summed E-state index contributed by atoms with van der Waals surface area (Å²) in [7, 11) is 0. The van der Waals surface area contributed by atoms with Crippen LogP contribution in [0, 0.1) is 0 Å². The molecule has 0 radical (unpaired) electrons. The molecule has 1 amide bonds. The minimum Gasteiger partial charge on any atom is -0.373 e. The van der Waals surface area contributed by atoms with Gasteiger partial charge in [-0.15, -0.1) is 0 Å². The average Bonchev–Trinajstić information content (AvgIpc) is 3.20. The Balaban J connectivity index is 1.44. The zero-order chi connectivity index (χ0) is 14.2. The van der Waals surface area contributed by atoms with Crippen molar-refractivity contribution in [1.82, 2.24) is 15.1 Å². The van der Waals surface area contributed by atoms with Gasteiger partial charge in [0.2, 0.25) is 5.91 Å². The average molecular weight is 307 g/mol. The maximum Gasteiger partial charge on any atom is 0.238 e. The highest BCUT2D eigenvalue weighted by Gasteiger charge is 2.37. The SMILES string of the molecule is O=C1CNC(c2ccsc2)N1CC1CN2CCCC2CO1. The maximum atomic E-state index is 12.2. The van der Waals surface area contributed by atoms with Crippen molar-refractivity contribution in [2.24, 2.45) is 0 Å². The Morgan fingerprint density at radius 2 is 2.43 bits per heavy atom. The van der Waals surface area contributed by atoms with Crippen LogP contribution >= 0.6 is 11.3 Å². The van der Waals surface area contributed by atoms with Crippen LogP contribution in [-0.2, 0) is 9.53 Å². The molecule has 3 aliphatic heterocycles. The van der Waals surface area contributed by atoms with E-state index >= 15 is 0 Å². The molecular weight excluding hydrogens is 286 g/mol. The maximum absolute atomic E-state index is 12.2. The second-order valence-electron chi connectivity index (χ2n) is 6.13. The number of hydrogen-bond donors (Lipinski definition) is 1. The number of carbonyl (C=O) groups is 1. The van der Waals surface area contributed by atoms with E-state index in [9.17, 15) is 4.79 Å². The van der Waals surface area contributed by atoms with Crippen molar-refractivity contribution < 1.29 is 9.53 Å². The fourth-order valence-electron chi connectivity index (χ4n) is 3.69. The summed E-state index contributed by atoms with van der Waals surface area (Å²) in [6.07, 6.45) is 2.70. The van der Waals surface area contributed by atoms with Crippen LogP contribution in [0.1, 0.15) is 24.6 Å². The van der Waals surface area contributed by atoms with E-state index in [4.69, 9.17) is 4.74 Å². The zero-order valence-electron chi connectivity index (χ0n) is 12.0. The van der Waals surface area contributed by atoms with Gasteiger partial charge in [0.25, 0.3) is 0 Å². The second-order valence-corrected chi connectivity index (χ2v) is 6.91. The minimum absolute atomic E-state index is 0.0173. The normalized spacial score (nSPS) is 33.6. The van der Waals surface area contributed by atoms with Gasteiger partial charge >= 0.3 is 0 Å². The molecule has 1 aromatic rings. The first kappa shape index (κ1) is 13.7. The van der Waals surface area contributed by atoms with Gasteiger partial charge in [-0.25, -0.2) is 0 Å². The summed E-state index contributed by atoms with van der Waals surface area (Å²) in [5.74, 6) is 0.179. The van der Waals surface area contributed by atoms with Gasteiger partial charge in [0.15, 0.2) is 0 Å². The Hall–Kier alpha value is -0.950. The number of rotatable bonds is 3. The molecule has 3 unspecified atom stereocenters. The van der Waals surface area contributed by atoms with Gasteiger partial charge in [0, 0.05) is 12.6 Å². The lowest BCUT2D eigenvalue weighted by atomic mass is 10.1. The molecule has 3 saturated heterocycles. The van der Waals surface area contributed by atoms with Crippen LogP contribution in [0.4, 0.5) is 0 Å². The molecule has 3 fully saturated rings. The molecule has 4 rings (SSSR count). The number of amides is 1. The van der Waals surface area contributed by atoms with Crippen LogP contribution in [0.25, 0.3) is 0 Å². The Kier molecular flexibility index (Phi) is 3.71. The van der Waals surface area contributed by atoms with Gasteiger partial charge in [0.1, 0.15) is 6.17 Å². The molecule has 5 nitrogen and oxygen atoms in total. The highest BCUT2D eigenvalue weighted by Crippen LogP contribution is 2.27. The molecular formula is C15H21N3O2S. The molecule has 114 valence electrons. The van der Waals surface area contributed by atoms with Crippen molar-refractivity contribution >= 4 is 17.2 Å². The minimum atomic E-state index is 0.0173. The molecule has 21 heavy (non-hydrogen) atoms. The third-order valence-corrected chi connectivity index (χ3v) is 5.50. The number of nitrogens with zero attached hydrogens (tertiary/aromatic N) is 2. The Labute approximate surface area is 128 Å². The van der Waals surface area contributed by atoms with Gasteiger partial charge in [-0.3, -0.25) is 15.0 Å². The molecule has 0 aromatic carbocycles. The summed E-state index contributed by atoms with van der Waals surface area (Å²) in [4.78, 5) is 16.7. The Bertz CT molecular complexity index is 507. The van der Waals surface area contributed by atoms with E-state index in [2.05, 4.69) is 27.0 Å². The summed E-state index contributed by atoms with van der Waals surface area (Å²) in [5, 5.41) is 7.48. The van der Waals surface area contributed by atoms with Gasteiger partial charge < -0.3 is 9.64 Å². The summed E-state index contributed by atoms with van der Waals surface area (Å²) in [6.45, 7) is 4.09. The molecule has 0 aliphatic carbocycles.